The maximum absolute atomic E-state index is 13.9. The number of rotatable bonds is 4. The molecule has 0 amide bonds. The van der Waals surface area contributed by atoms with Crippen LogP contribution in [0.4, 0.5) is 13.2 Å². The Bertz CT molecular complexity index is 1380. The fourth-order valence-electron chi connectivity index (χ4n) is 3.40. The first-order chi connectivity index (χ1) is 15.5. The first-order valence-electron chi connectivity index (χ1n) is 9.75. The number of aromatic amines is 1. The molecule has 174 valence electrons. The van der Waals surface area contributed by atoms with E-state index in [-0.39, 0.29) is 33.8 Å². The Kier molecular flexibility index (Phi) is 6.35. The summed E-state index contributed by atoms with van der Waals surface area (Å²) in [7, 11) is 1.42. The largest absolute Gasteiger partial charge is 0.433 e. The molecule has 0 bridgehead atoms. The van der Waals surface area contributed by atoms with E-state index < -0.39 is 29.5 Å². The van der Waals surface area contributed by atoms with E-state index in [1.807, 2.05) is 5.92 Å². The van der Waals surface area contributed by atoms with E-state index in [2.05, 4.69) is 21.1 Å². The lowest BCUT2D eigenvalue weighted by Gasteiger charge is -2.26. The molecular weight excluding hydrogens is 441 g/mol. The highest BCUT2D eigenvalue weighted by atomic mass is 19.4. The van der Waals surface area contributed by atoms with Gasteiger partial charge in [-0.15, -0.1) is 10.2 Å². The second-order valence-corrected chi connectivity index (χ2v) is 7.20. The number of aliphatic hydroxyl groups is 2. The third kappa shape index (κ3) is 4.10. The second kappa shape index (κ2) is 8.73. The number of alkyl halides is 3. The number of pyridine rings is 1. The molecule has 0 aliphatic carbocycles. The Labute approximate surface area is 186 Å². The molecule has 0 aromatic carbocycles. The smallest absolute Gasteiger partial charge is 0.418 e. The molecule has 0 saturated carbocycles. The van der Waals surface area contributed by atoms with Crippen molar-refractivity contribution in [3.8, 4) is 23.3 Å². The molecule has 8 nitrogen and oxygen atoms in total. The van der Waals surface area contributed by atoms with Gasteiger partial charge in [0.05, 0.1) is 11.1 Å². The van der Waals surface area contributed by atoms with E-state index >= 15 is 0 Å². The van der Waals surface area contributed by atoms with Crippen molar-refractivity contribution in [2.75, 3.05) is 0 Å². The molecule has 0 aliphatic heterocycles. The van der Waals surface area contributed by atoms with Gasteiger partial charge in [-0.2, -0.15) is 13.2 Å². The van der Waals surface area contributed by atoms with Crippen LogP contribution in [-0.4, -0.2) is 41.7 Å². The molecule has 3 heterocycles. The number of nitrogens with one attached hydrogen (secondary N) is 1. The molecule has 0 spiro atoms. The van der Waals surface area contributed by atoms with Crippen molar-refractivity contribution in [1.29, 1.82) is 0 Å². The maximum Gasteiger partial charge on any atom is 0.433 e. The van der Waals surface area contributed by atoms with Crippen LogP contribution in [-0.2, 0) is 13.7 Å². The van der Waals surface area contributed by atoms with Crippen LogP contribution < -0.4 is 5.56 Å². The summed E-state index contributed by atoms with van der Waals surface area (Å²) in [6, 6.07) is 0. The number of halogens is 3. The SMILES string of the molecule is C/C=C\C(=C/C)C(O)(C#Cc1cn(C)c(=O)c2[nH]c(C)c(-c3nnc(CO)o3)c12)C(F)(F)F. The lowest BCUT2D eigenvalue weighted by atomic mass is 9.92. The minimum Gasteiger partial charge on any atom is -0.418 e. The quantitative estimate of drug-likeness (QED) is 0.406. The van der Waals surface area contributed by atoms with Crippen LogP contribution in [0.5, 0.6) is 0 Å². The molecule has 3 N–H and O–H groups in total. The average molecular weight is 462 g/mol. The summed E-state index contributed by atoms with van der Waals surface area (Å²) in [5.74, 6) is 4.24. The molecule has 0 radical (unpaired) electrons. The highest BCUT2D eigenvalue weighted by Gasteiger charge is 2.54. The molecule has 3 aromatic rings. The highest BCUT2D eigenvalue weighted by molar-refractivity contribution is 5.99. The van der Waals surface area contributed by atoms with Crippen molar-refractivity contribution in [2.24, 2.45) is 7.05 Å². The molecule has 11 heteroatoms. The third-order valence-corrected chi connectivity index (χ3v) is 4.99. The van der Waals surface area contributed by atoms with Gasteiger partial charge >= 0.3 is 6.18 Å². The van der Waals surface area contributed by atoms with E-state index in [4.69, 9.17) is 4.42 Å². The van der Waals surface area contributed by atoms with E-state index in [0.717, 1.165) is 16.7 Å². The van der Waals surface area contributed by atoms with Gasteiger partial charge in [0.15, 0.2) is 0 Å². The summed E-state index contributed by atoms with van der Waals surface area (Å²) in [6.07, 6.45) is -0.224. The zero-order chi connectivity index (χ0) is 24.6. The number of fused-ring (bicyclic) bond motifs is 1. The molecule has 33 heavy (non-hydrogen) atoms. The van der Waals surface area contributed by atoms with Gasteiger partial charge in [-0.25, -0.2) is 0 Å². The van der Waals surface area contributed by atoms with Gasteiger partial charge in [0.1, 0.15) is 12.1 Å². The number of allylic oxidation sites excluding steroid dienone is 2. The third-order valence-electron chi connectivity index (χ3n) is 4.99. The Morgan fingerprint density at radius 3 is 2.58 bits per heavy atom. The van der Waals surface area contributed by atoms with E-state index in [1.54, 1.807) is 6.92 Å². The van der Waals surface area contributed by atoms with Crippen LogP contribution in [0.15, 0.2) is 39.2 Å². The van der Waals surface area contributed by atoms with E-state index in [9.17, 15) is 28.2 Å². The van der Waals surface area contributed by atoms with E-state index in [1.165, 1.54) is 33.2 Å². The minimum absolute atomic E-state index is 0.0220. The van der Waals surface area contributed by atoms with Crippen LogP contribution in [0.25, 0.3) is 22.4 Å². The summed E-state index contributed by atoms with van der Waals surface area (Å²) in [6.45, 7) is 3.98. The van der Waals surface area contributed by atoms with Crippen LogP contribution in [0, 0.1) is 18.8 Å². The van der Waals surface area contributed by atoms with Crippen molar-refractivity contribution < 1.29 is 27.8 Å². The molecular formula is C22H21F3N4O4. The number of H-pyrrole nitrogens is 1. The molecule has 3 rings (SSSR count). The molecule has 1 unspecified atom stereocenters. The van der Waals surface area contributed by atoms with Gasteiger partial charge in [-0.1, -0.05) is 24.1 Å². The van der Waals surface area contributed by atoms with Crippen LogP contribution >= 0.6 is 0 Å². The Hall–Kier alpha value is -3.62. The fraction of sp³-hybridized carbons (Fsp3) is 0.318. The van der Waals surface area contributed by atoms with Crippen LogP contribution in [0.1, 0.15) is 31.0 Å². The van der Waals surface area contributed by atoms with Gasteiger partial charge in [-0.3, -0.25) is 4.79 Å². The Morgan fingerprint density at radius 1 is 1.33 bits per heavy atom. The van der Waals surface area contributed by atoms with Crippen molar-refractivity contribution in [3.63, 3.8) is 0 Å². The number of aliphatic hydroxyl groups excluding tert-OH is 1. The molecule has 0 aliphatic rings. The lowest BCUT2D eigenvalue weighted by Crippen LogP contribution is -2.45. The molecule has 0 saturated heterocycles. The van der Waals surface area contributed by atoms with Crippen LogP contribution in [0.3, 0.4) is 0 Å². The zero-order valence-electron chi connectivity index (χ0n) is 18.2. The van der Waals surface area contributed by atoms with Gasteiger partial charge in [0.2, 0.25) is 17.4 Å². The van der Waals surface area contributed by atoms with Crippen LogP contribution in [0.2, 0.25) is 0 Å². The minimum atomic E-state index is -5.10. The number of aryl methyl sites for hydroxylation is 2. The number of hydrogen-bond acceptors (Lipinski definition) is 6. The topological polar surface area (TPSA) is 117 Å². The average Bonchev–Trinajstić information content (AvgIpc) is 3.36. The van der Waals surface area contributed by atoms with Gasteiger partial charge in [0, 0.05) is 29.9 Å². The second-order valence-electron chi connectivity index (χ2n) is 7.20. The lowest BCUT2D eigenvalue weighted by molar-refractivity contribution is -0.219. The monoisotopic (exact) mass is 462 g/mol. The van der Waals surface area contributed by atoms with Crippen molar-refractivity contribution in [2.45, 2.75) is 39.2 Å². The number of aromatic nitrogens is 4. The summed E-state index contributed by atoms with van der Waals surface area (Å²) in [4.78, 5) is 15.6. The summed E-state index contributed by atoms with van der Waals surface area (Å²) < 4.78 is 48.2. The highest BCUT2D eigenvalue weighted by Crippen LogP contribution is 2.37. The number of hydrogen-bond donors (Lipinski definition) is 3. The zero-order valence-corrected chi connectivity index (χ0v) is 18.2. The number of nitrogens with zero attached hydrogens (tertiary/aromatic N) is 3. The van der Waals surface area contributed by atoms with Gasteiger partial charge in [-0.05, 0) is 26.7 Å². The predicted molar refractivity (Wildman–Crippen MR) is 114 cm³/mol. The molecule has 0 fully saturated rings. The maximum atomic E-state index is 13.9. The first-order valence-corrected chi connectivity index (χ1v) is 9.75. The fourth-order valence-corrected chi connectivity index (χ4v) is 3.40. The predicted octanol–water partition coefficient (Wildman–Crippen LogP) is 2.88. The summed E-state index contributed by atoms with van der Waals surface area (Å²) in [5.41, 5.74) is -3.57. The van der Waals surface area contributed by atoms with Crippen molar-refractivity contribution in [1.82, 2.24) is 19.7 Å². The van der Waals surface area contributed by atoms with E-state index in [0.29, 0.717) is 5.69 Å². The summed E-state index contributed by atoms with van der Waals surface area (Å²) in [5, 5.41) is 27.5. The molecule has 1 atom stereocenters. The summed E-state index contributed by atoms with van der Waals surface area (Å²) >= 11 is 0. The molecule has 3 aromatic heterocycles. The Morgan fingerprint density at radius 2 is 2.03 bits per heavy atom. The van der Waals surface area contributed by atoms with Gasteiger partial charge in [0.25, 0.3) is 5.56 Å². The Balaban J connectivity index is 2.36. The standard InChI is InChI=1S/C22H21F3N4O4/c1-5-7-14(6-2)21(32,22(23,24)25)9-8-13-10-29(4)20(31)18-17(13)16(12(3)26-18)19-28-27-15(11-30)33-19/h5-7,10,26,30,32H,11H2,1-4H3/b7-5-,14-6+. The van der Waals surface area contributed by atoms with Crippen molar-refractivity contribution >= 4 is 10.9 Å². The van der Waals surface area contributed by atoms with Crippen molar-refractivity contribution in [3.05, 3.63) is 57.5 Å². The van der Waals surface area contributed by atoms with Gasteiger partial charge < -0.3 is 24.2 Å². The normalized spacial score (nSPS) is 14.5. The first kappa shape index (κ1) is 24.0.